The molecule has 0 aliphatic carbocycles. The molecule has 24 heavy (non-hydrogen) atoms. The van der Waals surface area contributed by atoms with Crippen molar-refractivity contribution in [3.8, 4) is 11.4 Å². The fraction of sp³-hybridized carbons (Fsp3) is 0.0625. The molecule has 1 aromatic carbocycles. The van der Waals surface area contributed by atoms with E-state index in [9.17, 15) is 4.79 Å². The molecule has 0 saturated heterocycles. The smallest absolute Gasteiger partial charge is 0.258 e. The van der Waals surface area contributed by atoms with Crippen LogP contribution in [0, 0.1) is 0 Å². The first-order valence-electron chi connectivity index (χ1n) is 7.20. The number of pyridine rings is 1. The van der Waals surface area contributed by atoms with Crippen molar-refractivity contribution in [3.63, 3.8) is 0 Å². The van der Waals surface area contributed by atoms with Gasteiger partial charge in [-0.2, -0.15) is 4.80 Å². The van der Waals surface area contributed by atoms with Crippen LogP contribution < -0.4 is 5.56 Å². The van der Waals surface area contributed by atoms with E-state index in [-0.39, 0.29) is 12.1 Å². The van der Waals surface area contributed by atoms with Crippen molar-refractivity contribution >= 4 is 17.2 Å². The summed E-state index contributed by atoms with van der Waals surface area (Å²) in [6.45, 7) is 0.258. The van der Waals surface area contributed by atoms with Gasteiger partial charge in [0.2, 0.25) is 5.82 Å². The number of aromatic nitrogens is 6. The molecule has 0 amide bonds. The summed E-state index contributed by atoms with van der Waals surface area (Å²) in [5.41, 5.74) is 1.75. The van der Waals surface area contributed by atoms with E-state index in [2.05, 4.69) is 20.4 Å². The Kier molecular flexibility index (Phi) is 3.55. The molecule has 0 N–H and O–H groups in total. The van der Waals surface area contributed by atoms with Gasteiger partial charge in [0.15, 0.2) is 0 Å². The molecule has 4 rings (SSSR count). The summed E-state index contributed by atoms with van der Waals surface area (Å²) in [7, 11) is 0. The largest absolute Gasteiger partial charge is 0.269 e. The Labute approximate surface area is 141 Å². The van der Waals surface area contributed by atoms with Crippen molar-refractivity contribution < 1.29 is 0 Å². The number of nitrogens with zero attached hydrogens (tertiary/aromatic N) is 6. The molecule has 0 saturated carbocycles. The second-order valence-corrected chi connectivity index (χ2v) is 5.61. The first-order chi connectivity index (χ1) is 11.7. The monoisotopic (exact) mass is 338 g/mol. The van der Waals surface area contributed by atoms with Crippen LogP contribution in [-0.4, -0.2) is 29.6 Å². The van der Waals surface area contributed by atoms with E-state index >= 15 is 0 Å². The van der Waals surface area contributed by atoms with E-state index in [1.807, 2.05) is 30.3 Å². The van der Waals surface area contributed by atoms with Crippen LogP contribution in [0.4, 0.5) is 0 Å². The van der Waals surface area contributed by atoms with Crippen LogP contribution in [0.2, 0.25) is 5.02 Å². The Morgan fingerprint density at radius 2 is 1.92 bits per heavy atom. The summed E-state index contributed by atoms with van der Waals surface area (Å²) >= 11 is 5.90. The molecule has 3 aromatic heterocycles. The Bertz CT molecular complexity index is 1070. The van der Waals surface area contributed by atoms with E-state index in [0.717, 1.165) is 5.56 Å². The lowest BCUT2D eigenvalue weighted by Crippen LogP contribution is -2.17. The van der Waals surface area contributed by atoms with Crippen LogP contribution in [0.15, 0.2) is 59.5 Å². The van der Waals surface area contributed by atoms with Crippen molar-refractivity contribution in [3.05, 3.63) is 75.8 Å². The third-order valence-corrected chi connectivity index (χ3v) is 3.69. The highest BCUT2D eigenvalue weighted by atomic mass is 35.5. The summed E-state index contributed by atoms with van der Waals surface area (Å²) < 4.78 is 1.40. The summed E-state index contributed by atoms with van der Waals surface area (Å²) in [5.74, 6) is 0.528. The average molecular weight is 339 g/mol. The minimum absolute atomic E-state index is 0.208. The lowest BCUT2D eigenvalue weighted by atomic mass is 10.2. The third-order valence-electron chi connectivity index (χ3n) is 3.46. The molecular weight excluding hydrogens is 328 g/mol. The average Bonchev–Trinajstić information content (AvgIpc) is 3.05. The topological polar surface area (TPSA) is 78.0 Å². The number of hydrogen-bond acceptors (Lipinski definition) is 5. The molecule has 8 heteroatoms. The normalized spacial score (nSPS) is 11.0. The molecule has 4 aromatic rings. The van der Waals surface area contributed by atoms with Gasteiger partial charge in [-0.05, 0) is 17.3 Å². The zero-order valence-electron chi connectivity index (χ0n) is 12.4. The fourth-order valence-corrected chi connectivity index (χ4v) is 2.53. The van der Waals surface area contributed by atoms with Crippen molar-refractivity contribution in [2.75, 3.05) is 0 Å². The van der Waals surface area contributed by atoms with Gasteiger partial charge in [0.25, 0.3) is 5.56 Å². The molecule has 0 aliphatic rings. The molecule has 0 unspecified atom stereocenters. The predicted molar refractivity (Wildman–Crippen MR) is 88.8 cm³/mol. The van der Waals surface area contributed by atoms with Crippen LogP contribution in [-0.2, 0) is 6.54 Å². The quantitative estimate of drug-likeness (QED) is 0.571. The number of rotatable bonds is 3. The van der Waals surface area contributed by atoms with Crippen molar-refractivity contribution in [1.82, 2.24) is 29.6 Å². The van der Waals surface area contributed by atoms with Gasteiger partial charge in [-0.3, -0.25) is 9.20 Å². The molecule has 3 heterocycles. The van der Waals surface area contributed by atoms with Gasteiger partial charge in [-0.15, -0.1) is 10.2 Å². The molecule has 0 fully saturated rings. The maximum Gasteiger partial charge on any atom is 0.258 e. The van der Waals surface area contributed by atoms with Crippen LogP contribution in [0.5, 0.6) is 0 Å². The van der Waals surface area contributed by atoms with Crippen LogP contribution >= 0.6 is 11.6 Å². The minimum atomic E-state index is -0.208. The lowest BCUT2D eigenvalue weighted by molar-refractivity contribution is 0.564. The second kappa shape index (κ2) is 5.86. The summed E-state index contributed by atoms with van der Waals surface area (Å²) in [5, 5.41) is 12.9. The van der Waals surface area contributed by atoms with Crippen molar-refractivity contribution in [1.29, 1.82) is 0 Å². The van der Waals surface area contributed by atoms with Crippen LogP contribution in [0.1, 0.15) is 5.69 Å². The van der Waals surface area contributed by atoms with Gasteiger partial charge in [-0.1, -0.05) is 41.9 Å². The fourth-order valence-electron chi connectivity index (χ4n) is 2.36. The van der Waals surface area contributed by atoms with E-state index in [4.69, 9.17) is 11.6 Å². The molecular formula is C16H11ClN6O. The van der Waals surface area contributed by atoms with Gasteiger partial charge in [0, 0.05) is 17.8 Å². The van der Waals surface area contributed by atoms with Crippen LogP contribution in [0.25, 0.3) is 17.0 Å². The highest BCUT2D eigenvalue weighted by molar-refractivity contribution is 6.30. The molecule has 118 valence electrons. The Hall–Kier alpha value is -3.06. The van der Waals surface area contributed by atoms with Gasteiger partial charge in [0.05, 0.1) is 10.7 Å². The number of benzene rings is 1. The maximum absolute atomic E-state index is 12.2. The van der Waals surface area contributed by atoms with E-state index in [1.54, 1.807) is 12.1 Å². The number of tetrazole rings is 1. The third kappa shape index (κ3) is 2.77. The SMILES string of the molecule is O=c1cc(Cn2nnc(-c3ccccc3)n2)nc2ccc(Cl)cn12. The number of fused-ring (bicyclic) bond motifs is 1. The minimum Gasteiger partial charge on any atom is -0.269 e. The molecule has 0 bridgehead atoms. The van der Waals surface area contributed by atoms with Crippen molar-refractivity contribution in [2.45, 2.75) is 6.54 Å². The van der Waals surface area contributed by atoms with E-state index < -0.39 is 0 Å². The van der Waals surface area contributed by atoms with Crippen LogP contribution in [0.3, 0.4) is 0 Å². The molecule has 0 spiro atoms. The molecule has 0 radical (unpaired) electrons. The number of halogens is 1. The van der Waals surface area contributed by atoms with Gasteiger partial charge in [0.1, 0.15) is 12.2 Å². The highest BCUT2D eigenvalue weighted by Gasteiger charge is 2.08. The summed E-state index contributed by atoms with van der Waals surface area (Å²) in [6, 6.07) is 14.4. The first kappa shape index (κ1) is 14.5. The Morgan fingerprint density at radius 3 is 2.75 bits per heavy atom. The Balaban J connectivity index is 1.66. The standard InChI is InChI=1S/C16H11ClN6O/c17-12-6-7-14-18-13(8-15(24)22(14)9-12)10-23-20-16(19-21-23)11-4-2-1-3-5-11/h1-9H,10H2. The summed E-state index contributed by atoms with van der Waals surface area (Å²) in [4.78, 5) is 18.0. The predicted octanol–water partition coefficient (Wildman–Crippen LogP) is 2.05. The van der Waals surface area contributed by atoms with Gasteiger partial charge < -0.3 is 0 Å². The zero-order chi connectivity index (χ0) is 16.5. The van der Waals surface area contributed by atoms with Gasteiger partial charge in [-0.25, -0.2) is 4.98 Å². The lowest BCUT2D eigenvalue weighted by Gasteiger charge is -2.03. The molecule has 0 atom stereocenters. The number of hydrogen-bond donors (Lipinski definition) is 0. The zero-order valence-corrected chi connectivity index (χ0v) is 13.1. The van der Waals surface area contributed by atoms with Gasteiger partial charge >= 0.3 is 0 Å². The van der Waals surface area contributed by atoms with Crippen molar-refractivity contribution in [2.24, 2.45) is 0 Å². The second-order valence-electron chi connectivity index (χ2n) is 5.17. The highest BCUT2D eigenvalue weighted by Crippen LogP contribution is 2.12. The van der Waals surface area contributed by atoms with E-state index in [1.165, 1.54) is 21.5 Å². The molecule has 0 aliphatic heterocycles. The Morgan fingerprint density at radius 1 is 1.08 bits per heavy atom. The summed E-state index contributed by atoms with van der Waals surface area (Å²) in [6.07, 6.45) is 1.54. The maximum atomic E-state index is 12.2. The molecule has 7 nitrogen and oxygen atoms in total. The first-order valence-corrected chi connectivity index (χ1v) is 7.58. The van der Waals surface area contributed by atoms with E-state index in [0.29, 0.717) is 22.2 Å².